The zero-order valence-corrected chi connectivity index (χ0v) is 15.2. The molecule has 2 aromatic heterocycles. The second kappa shape index (κ2) is 8.61. The average molecular weight is 347 g/mol. The summed E-state index contributed by atoms with van der Waals surface area (Å²) in [6.07, 6.45) is 7.73. The van der Waals surface area contributed by atoms with Crippen molar-refractivity contribution in [3.05, 3.63) is 78.9 Å². The van der Waals surface area contributed by atoms with Crippen LogP contribution >= 0.6 is 0 Å². The van der Waals surface area contributed by atoms with E-state index < -0.39 is 0 Å². The van der Waals surface area contributed by atoms with Crippen molar-refractivity contribution in [1.29, 1.82) is 0 Å². The van der Waals surface area contributed by atoms with Crippen molar-refractivity contribution in [3.8, 4) is 0 Å². The molecule has 0 bridgehead atoms. The van der Waals surface area contributed by atoms with Crippen LogP contribution in [0.3, 0.4) is 0 Å². The molecule has 2 atom stereocenters. The van der Waals surface area contributed by atoms with Crippen molar-refractivity contribution >= 4 is 16.7 Å². The van der Waals surface area contributed by atoms with Gasteiger partial charge in [0.05, 0.1) is 23.4 Å². The van der Waals surface area contributed by atoms with E-state index in [0.29, 0.717) is 5.76 Å². The topological polar surface area (TPSA) is 43.1 Å². The maximum absolute atomic E-state index is 13.2. The molecule has 0 radical (unpaired) electrons. The van der Waals surface area contributed by atoms with Crippen LogP contribution in [-0.4, -0.2) is 10.8 Å². The van der Waals surface area contributed by atoms with Crippen LogP contribution in [0, 0.1) is 5.92 Å². The number of para-hydroxylation sites is 1. The molecule has 1 aromatic carbocycles. The highest BCUT2D eigenvalue weighted by atomic mass is 16.3. The Morgan fingerprint density at radius 3 is 2.73 bits per heavy atom. The standard InChI is InChI=1S/C23H25NO2/c1-3-5-6-10-17(4-2)22(23(25)21-13-9-16-26-21)20-15-14-18-11-7-8-12-19(18)24-20/h4,7-9,11-17,22H,2-3,5-6,10H2,1H3/t17-,22+/m1/s1. The lowest BCUT2D eigenvalue weighted by atomic mass is 9.81. The lowest BCUT2D eigenvalue weighted by molar-refractivity contribution is 0.0907. The summed E-state index contributed by atoms with van der Waals surface area (Å²) in [6, 6.07) is 15.4. The second-order valence-corrected chi connectivity index (χ2v) is 6.64. The predicted octanol–water partition coefficient (Wildman–Crippen LogP) is 6.18. The first kappa shape index (κ1) is 18.1. The van der Waals surface area contributed by atoms with E-state index in [-0.39, 0.29) is 17.6 Å². The molecule has 0 aliphatic carbocycles. The van der Waals surface area contributed by atoms with Crippen molar-refractivity contribution in [2.24, 2.45) is 5.92 Å². The van der Waals surface area contributed by atoms with E-state index in [0.717, 1.165) is 42.3 Å². The van der Waals surface area contributed by atoms with Gasteiger partial charge in [-0.15, -0.1) is 6.58 Å². The highest BCUT2D eigenvalue weighted by Crippen LogP contribution is 2.33. The predicted molar refractivity (Wildman–Crippen MR) is 105 cm³/mol. The fourth-order valence-electron chi connectivity index (χ4n) is 3.43. The quantitative estimate of drug-likeness (QED) is 0.264. The first-order valence-corrected chi connectivity index (χ1v) is 9.30. The van der Waals surface area contributed by atoms with Gasteiger partial charge in [0.15, 0.2) is 5.76 Å². The van der Waals surface area contributed by atoms with Crippen molar-refractivity contribution in [3.63, 3.8) is 0 Å². The molecule has 3 rings (SSSR count). The number of hydrogen-bond donors (Lipinski definition) is 0. The minimum atomic E-state index is -0.375. The first-order chi connectivity index (χ1) is 12.7. The smallest absolute Gasteiger partial charge is 0.207 e. The number of unbranched alkanes of at least 4 members (excludes halogenated alkanes) is 2. The van der Waals surface area contributed by atoms with Gasteiger partial charge in [0.2, 0.25) is 5.78 Å². The van der Waals surface area contributed by atoms with Gasteiger partial charge < -0.3 is 4.42 Å². The highest BCUT2D eigenvalue weighted by Gasteiger charge is 2.31. The van der Waals surface area contributed by atoms with Crippen LogP contribution < -0.4 is 0 Å². The molecular weight excluding hydrogens is 322 g/mol. The Balaban J connectivity index is 2.00. The molecule has 0 N–H and O–H groups in total. The van der Waals surface area contributed by atoms with Gasteiger partial charge in [-0.1, -0.05) is 56.5 Å². The zero-order chi connectivity index (χ0) is 18.4. The van der Waals surface area contributed by atoms with E-state index in [2.05, 4.69) is 13.5 Å². The number of benzene rings is 1. The summed E-state index contributed by atoms with van der Waals surface area (Å²) in [7, 11) is 0. The summed E-state index contributed by atoms with van der Waals surface area (Å²) >= 11 is 0. The third kappa shape index (κ3) is 3.93. The molecule has 0 saturated heterocycles. The lowest BCUT2D eigenvalue weighted by Crippen LogP contribution is -2.22. The molecule has 0 fully saturated rings. The number of carbonyl (C=O) groups is 1. The molecule has 2 heterocycles. The normalized spacial score (nSPS) is 13.4. The minimum absolute atomic E-state index is 0.0285. The molecule has 26 heavy (non-hydrogen) atoms. The number of rotatable bonds is 9. The van der Waals surface area contributed by atoms with Crippen molar-refractivity contribution in [1.82, 2.24) is 4.98 Å². The number of nitrogens with zero attached hydrogens (tertiary/aromatic N) is 1. The Morgan fingerprint density at radius 2 is 2.00 bits per heavy atom. The summed E-state index contributed by atoms with van der Waals surface area (Å²) in [5.74, 6) is 0.0133. The maximum Gasteiger partial charge on any atom is 0.207 e. The van der Waals surface area contributed by atoms with E-state index in [4.69, 9.17) is 9.40 Å². The van der Waals surface area contributed by atoms with Gasteiger partial charge in [0, 0.05) is 5.39 Å². The summed E-state index contributed by atoms with van der Waals surface area (Å²) in [4.78, 5) is 18.0. The molecule has 0 amide bonds. The summed E-state index contributed by atoms with van der Waals surface area (Å²) in [5.41, 5.74) is 1.69. The molecule has 0 saturated carbocycles. The van der Waals surface area contributed by atoms with Gasteiger partial charge in [0.25, 0.3) is 0 Å². The molecule has 0 spiro atoms. The van der Waals surface area contributed by atoms with Crippen molar-refractivity contribution < 1.29 is 9.21 Å². The molecule has 3 aromatic rings. The van der Waals surface area contributed by atoms with Gasteiger partial charge in [0.1, 0.15) is 0 Å². The Hall–Kier alpha value is -2.68. The third-order valence-electron chi connectivity index (χ3n) is 4.86. The van der Waals surface area contributed by atoms with Gasteiger partial charge in [-0.05, 0) is 36.6 Å². The number of pyridine rings is 1. The number of carbonyl (C=O) groups excluding carboxylic acids is 1. The van der Waals surface area contributed by atoms with Crippen LogP contribution in [0.15, 0.2) is 71.9 Å². The van der Waals surface area contributed by atoms with Crippen LogP contribution in [0.2, 0.25) is 0 Å². The Bertz CT molecular complexity index is 867. The van der Waals surface area contributed by atoms with E-state index in [1.54, 1.807) is 12.1 Å². The molecule has 3 nitrogen and oxygen atoms in total. The minimum Gasteiger partial charge on any atom is -0.461 e. The fraction of sp³-hybridized carbons (Fsp3) is 0.304. The first-order valence-electron chi connectivity index (χ1n) is 9.30. The van der Waals surface area contributed by atoms with Crippen LogP contribution in [0.5, 0.6) is 0 Å². The van der Waals surface area contributed by atoms with Gasteiger partial charge in [-0.3, -0.25) is 9.78 Å². The largest absolute Gasteiger partial charge is 0.461 e. The number of hydrogen-bond acceptors (Lipinski definition) is 3. The summed E-state index contributed by atoms with van der Waals surface area (Å²) in [5, 5.41) is 1.07. The number of Topliss-reactive ketones (excluding diaryl/α,β-unsaturated/α-hetero) is 1. The monoisotopic (exact) mass is 347 g/mol. The molecule has 3 heteroatoms. The van der Waals surface area contributed by atoms with Gasteiger partial charge >= 0.3 is 0 Å². The molecule has 134 valence electrons. The zero-order valence-electron chi connectivity index (χ0n) is 15.2. The van der Waals surface area contributed by atoms with Crippen LogP contribution in [0.4, 0.5) is 0 Å². The van der Waals surface area contributed by atoms with Crippen molar-refractivity contribution in [2.75, 3.05) is 0 Å². The number of furan rings is 1. The number of fused-ring (bicyclic) bond motifs is 1. The van der Waals surface area contributed by atoms with Gasteiger partial charge in [-0.2, -0.15) is 0 Å². The van der Waals surface area contributed by atoms with Crippen molar-refractivity contribution in [2.45, 2.75) is 38.5 Å². The van der Waals surface area contributed by atoms with Crippen LogP contribution in [-0.2, 0) is 0 Å². The number of ketones is 1. The molecule has 0 unspecified atom stereocenters. The number of aromatic nitrogens is 1. The summed E-state index contributed by atoms with van der Waals surface area (Å²) < 4.78 is 5.39. The Labute approximate surface area is 154 Å². The lowest BCUT2D eigenvalue weighted by Gasteiger charge is -2.23. The average Bonchev–Trinajstić information content (AvgIpc) is 3.21. The highest BCUT2D eigenvalue weighted by molar-refractivity contribution is 5.99. The van der Waals surface area contributed by atoms with E-state index in [9.17, 15) is 4.79 Å². The second-order valence-electron chi connectivity index (χ2n) is 6.64. The van der Waals surface area contributed by atoms with Gasteiger partial charge in [-0.25, -0.2) is 0 Å². The van der Waals surface area contributed by atoms with E-state index in [1.165, 1.54) is 6.26 Å². The fourth-order valence-corrected chi connectivity index (χ4v) is 3.43. The van der Waals surface area contributed by atoms with Crippen LogP contribution in [0.25, 0.3) is 10.9 Å². The molecule has 0 aliphatic rings. The third-order valence-corrected chi connectivity index (χ3v) is 4.86. The van der Waals surface area contributed by atoms with Crippen LogP contribution in [0.1, 0.15) is 54.8 Å². The summed E-state index contributed by atoms with van der Waals surface area (Å²) in [6.45, 7) is 6.18. The Morgan fingerprint density at radius 1 is 1.15 bits per heavy atom. The van der Waals surface area contributed by atoms with E-state index >= 15 is 0 Å². The SMILES string of the molecule is C=C[C@H](CCCCC)[C@H](C(=O)c1ccco1)c1ccc2ccccc2n1. The maximum atomic E-state index is 13.2. The molecule has 0 aliphatic heterocycles. The van der Waals surface area contributed by atoms with E-state index in [1.807, 2.05) is 42.5 Å². The Kier molecular flexibility index (Phi) is 6.00. The molecular formula is C23H25NO2. The number of allylic oxidation sites excluding steroid dienone is 1.